The molecule has 102 valence electrons. The fourth-order valence-electron chi connectivity index (χ4n) is 2.00. The second-order valence-corrected chi connectivity index (χ2v) is 5.77. The quantitative estimate of drug-likeness (QED) is 0.843. The van der Waals surface area contributed by atoms with Gasteiger partial charge in [-0.2, -0.15) is 0 Å². The highest BCUT2D eigenvalue weighted by molar-refractivity contribution is 7.71. The number of H-pyrrole nitrogens is 1. The molecule has 1 N–H and O–H groups in total. The number of imidazole rings is 1. The third kappa shape index (κ3) is 2.56. The molecule has 0 atom stereocenters. The number of benzene rings is 1. The van der Waals surface area contributed by atoms with Gasteiger partial charge in [0.1, 0.15) is 11.6 Å². The largest absolute Gasteiger partial charge is 0.494 e. The molecule has 1 aromatic carbocycles. The van der Waals surface area contributed by atoms with E-state index in [0.29, 0.717) is 10.5 Å². The first-order valence-electron chi connectivity index (χ1n) is 5.99. The van der Waals surface area contributed by atoms with Gasteiger partial charge in [0.15, 0.2) is 4.77 Å². The minimum absolute atomic E-state index is 0.0903. The highest BCUT2D eigenvalue weighted by Crippen LogP contribution is 2.30. The maximum absolute atomic E-state index is 13.3. The molecule has 2 rings (SSSR count). The van der Waals surface area contributed by atoms with Crippen LogP contribution in [0.2, 0.25) is 0 Å². The topological polar surface area (TPSA) is 29.9 Å². The van der Waals surface area contributed by atoms with Crippen molar-refractivity contribution in [2.24, 2.45) is 0 Å². The Morgan fingerprint density at radius 3 is 2.58 bits per heavy atom. The molecule has 0 aliphatic rings. The van der Waals surface area contributed by atoms with Gasteiger partial charge < -0.3 is 9.72 Å². The molecule has 1 aromatic heterocycles. The summed E-state index contributed by atoms with van der Waals surface area (Å²) in [6, 6.07) is 4.43. The van der Waals surface area contributed by atoms with Crippen LogP contribution in [0.5, 0.6) is 5.75 Å². The zero-order chi connectivity index (χ0) is 14.2. The van der Waals surface area contributed by atoms with Crippen LogP contribution < -0.4 is 4.74 Å². The predicted octanol–water partition coefficient (Wildman–Crippen LogP) is 3.98. The van der Waals surface area contributed by atoms with E-state index in [1.54, 1.807) is 6.07 Å². The van der Waals surface area contributed by atoms with Gasteiger partial charge >= 0.3 is 0 Å². The van der Waals surface area contributed by atoms with E-state index in [1.165, 1.54) is 19.2 Å². The Balaban J connectivity index is 2.73. The average Bonchev–Trinajstić information content (AvgIpc) is 2.71. The van der Waals surface area contributed by atoms with Crippen molar-refractivity contribution in [1.82, 2.24) is 9.55 Å². The first-order chi connectivity index (χ1) is 8.84. The van der Waals surface area contributed by atoms with Crippen molar-refractivity contribution in [2.75, 3.05) is 7.11 Å². The Bertz CT molecular complexity index is 652. The summed E-state index contributed by atoms with van der Waals surface area (Å²) in [4.78, 5) is 3.04. The normalized spacial score (nSPS) is 11.6. The summed E-state index contributed by atoms with van der Waals surface area (Å²) in [5.41, 5.74) is 1.66. The first-order valence-corrected chi connectivity index (χ1v) is 6.40. The maximum Gasteiger partial charge on any atom is 0.182 e. The van der Waals surface area contributed by atoms with E-state index >= 15 is 0 Å². The van der Waals surface area contributed by atoms with E-state index in [-0.39, 0.29) is 11.2 Å². The average molecular weight is 280 g/mol. The SMILES string of the molecule is COc1cc(F)ccc1-n1c(C(C)(C)C)c[nH]c1=S. The number of nitrogens with zero attached hydrogens (tertiary/aromatic N) is 1. The molecule has 0 spiro atoms. The Morgan fingerprint density at radius 2 is 2.00 bits per heavy atom. The Hall–Kier alpha value is -1.62. The lowest BCUT2D eigenvalue weighted by atomic mass is 9.92. The van der Waals surface area contributed by atoms with Gasteiger partial charge in [-0.15, -0.1) is 0 Å². The van der Waals surface area contributed by atoms with E-state index < -0.39 is 0 Å². The summed E-state index contributed by atoms with van der Waals surface area (Å²) in [5.74, 6) is 0.126. The standard InChI is InChI=1S/C14H17FN2OS/c1-14(2,3)12-8-16-13(19)17(12)10-6-5-9(15)7-11(10)18-4/h5-8H,1-4H3,(H,16,19). The first kappa shape index (κ1) is 13.8. The fraction of sp³-hybridized carbons (Fsp3) is 0.357. The van der Waals surface area contributed by atoms with Gasteiger partial charge in [0.25, 0.3) is 0 Å². The highest BCUT2D eigenvalue weighted by atomic mass is 32.1. The fourth-order valence-corrected chi connectivity index (χ4v) is 2.25. The minimum Gasteiger partial charge on any atom is -0.494 e. The van der Waals surface area contributed by atoms with E-state index in [4.69, 9.17) is 17.0 Å². The third-order valence-corrected chi connectivity index (χ3v) is 3.23. The van der Waals surface area contributed by atoms with E-state index in [0.717, 1.165) is 11.4 Å². The Morgan fingerprint density at radius 1 is 1.32 bits per heavy atom. The van der Waals surface area contributed by atoms with Crippen LogP contribution in [-0.4, -0.2) is 16.7 Å². The number of methoxy groups -OCH3 is 1. The summed E-state index contributed by atoms with van der Waals surface area (Å²) >= 11 is 5.32. The lowest BCUT2D eigenvalue weighted by Gasteiger charge is -2.21. The van der Waals surface area contributed by atoms with Crippen LogP contribution in [0.4, 0.5) is 4.39 Å². The van der Waals surface area contributed by atoms with E-state index in [1.807, 2.05) is 10.8 Å². The van der Waals surface area contributed by atoms with Crippen LogP contribution in [0.25, 0.3) is 5.69 Å². The van der Waals surface area contributed by atoms with Crippen molar-refractivity contribution in [2.45, 2.75) is 26.2 Å². The van der Waals surface area contributed by atoms with Gasteiger partial charge in [0.2, 0.25) is 0 Å². The maximum atomic E-state index is 13.3. The van der Waals surface area contributed by atoms with Gasteiger partial charge in [0, 0.05) is 23.4 Å². The molecule has 2 aromatic rings. The van der Waals surface area contributed by atoms with Gasteiger partial charge in [-0.3, -0.25) is 4.57 Å². The van der Waals surface area contributed by atoms with Crippen LogP contribution in [0, 0.1) is 10.6 Å². The van der Waals surface area contributed by atoms with Crippen molar-refractivity contribution in [3.05, 3.63) is 40.7 Å². The summed E-state index contributed by atoms with van der Waals surface area (Å²) in [6.45, 7) is 6.28. The van der Waals surface area contributed by atoms with Crippen LogP contribution >= 0.6 is 12.2 Å². The molecule has 3 nitrogen and oxygen atoms in total. The molecule has 0 unspecified atom stereocenters. The van der Waals surface area contributed by atoms with E-state index in [2.05, 4.69) is 25.8 Å². The van der Waals surface area contributed by atoms with Gasteiger partial charge in [-0.25, -0.2) is 4.39 Å². The number of hydrogen-bond acceptors (Lipinski definition) is 2. The van der Waals surface area contributed by atoms with Gasteiger partial charge in [0.05, 0.1) is 12.8 Å². The van der Waals surface area contributed by atoms with Crippen molar-refractivity contribution >= 4 is 12.2 Å². The zero-order valence-electron chi connectivity index (χ0n) is 11.5. The number of halogens is 1. The van der Waals surface area contributed by atoms with Crippen molar-refractivity contribution in [3.63, 3.8) is 0 Å². The van der Waals surface area contributed by atoms with Crippen molar-refractivity contribution < 1.29 is 9.13 Å². The molecule has 0 fully saturated rings. The number of aromatic nitrogens is 2. The molecule has 0 aliphatic carbocycles. The molecule has 0 aliphatic heterocycles. The number of hydrogen-bond donors (Lipinski definition) is 1. The molecule has 0 radical (unpaired) electrons. The molecule has 5 heteroatoms. The van der Waals surface area contributed by atoms with Crippen LogP contribution in [0.1, 0.15) is 26.5 Å². The predicted molar refractivity (Wildman–Crippen MR) is 76.2 cm³/mol. The number of rotatable bonds is 2. The van der Waals surface area contributed by atoms with Gasteiger partial charge in [-0.05, 0) is 24.4 Å². The molecule has 19 heavy (non-hydrogen) atoms. The molecule has 0 bridgehead atoms. The minimum atomic E-state index is -0.333. The Kier molecular flexibility index (Phi) is 3.49. The third-order valence-electron chi connectivity index (χ3n) is 2.93. The number of ether oxygens (including phenoxy) is 1. The van der Waals surface area contributed by atoms with E-state index in [9.17, 15) is 4.39 Å². The van der Waals surface area contributed by atoms with Crippen LogP contribution in [0.3, 0.4) is 0 Å². The molecule has 1 heterocycles. The molecular weight excluding hydrogens is 263 g/mol. The van der Waals surface area contributed by atoms with Crippen LogP contribution in [0.15, 0.2) is 24.4 Å². The molecular formula is C14H17FN2OS. The molecule has 0 amide bonds. The number of nitrogens with one attached hydrogen (secondary N) is 1. The number of aromatic amines is 1. The lowest BCUT2D eigenvalue weighted by molar-refractivity contribution is 0.408. The Labute approximate surface area is 117 Å². The lowest BCUT2D eigenvalue weighted by Crippen LogP contribution is -2.17. The summed E-state index contributed by atoms with van der Waals surface area (Å²) in [5, 5.41) is 0. The van der Waals surface area contributed by atoms with Crippen molar-refractivity contribution in [3.8, 4) is 11.4 Å². The molecule has 0 saturated heterocycles. The smallest absolute Gasteiger partial charge is 0.182 e. The van der Waals surface area contributed by atoms with Crippen LogP contribution in [-0.2, 0) is 5.41 Å². The van der Waals surface area contributed by atoms with Crippen molar-refractivity contribution in [1.29, 1.82) is 0 Å². The second-order valence-electron chi connectivity index (χ2n) is 5.38. The summed E-state index contributed by atoms with van der Waals surface area (Å²) < 4.78 is 21.0. The second kappa shape index (κ2) is 4.81. The zero-order valence-corrected chi connectivity index (χ0v) is 12.3. The summed E-state index contributed by atoms with van der Waals surface area (Å²) in [6.07, 6.45) is 1.88. The van der Waals surface area contributed by atoms with Gasteiger partial charge in [-0.1, -0.05) is 20.8 Å². The molecule has 0 saturated carbocycles. The highest BCUT2D eigenvalue weighted by Gasteiger charge is 2.21. The summed E-state index contributed by atoms with van der Waals surface area (Å²) in [7, 11) is 1.52. The monoisotopic (exact) mass is 280 g/mol.